The van der Waals surface area contributed by atoms with Crippen LogP contribution in [0.5, 0.6) is 5.75 Å². The lowest BCUT2D eigenvalue weighted by molar-refractivity contribution is -0.129. The molecule has 0 aliphatic carbocycles. The van der Waals surface area contributed by atoms with Gasteiger partial charge in [-0.25, -0.2) is 0 Å². The molecular formula is C16H24N2O2. The predicted molar refractivity (Wildman–Crippen MR) is 80.0 cm³/mol. The molecule has 1 N–H and O–H groups in total. The minimum Gasteiger partial charge on any atom is -0.492 e. The lowest BCUT2D eigenvalue weighted by Crippen LogP contribution is -2.39. The van der Waals surface area contributed by atoms with E-state index < -0.39 is 0 Å². The van der Waals surface area contributed by atoms with Gasteiger partial charge in [-0.2, -0.15) is 0 Å². The van der Waals surface area contributed by atoms with Gasteiger partial charge in [0, 0.05) is 6.54 Å². The van der Waals surface area contributed by atoms with Crippen LogP contribution in [0.15, 0.2) is 24.3 Å². The molecular weight excluding hydrogens is 252 g/mol. The lowest BCUT2D eigenvalue weighted by Gasteiger charge is -2.17. The van der Waals surface area contributed by atoms with Crippen molar-refractivity contribution in [2.24, 2.45) is 0 Å². The number of carbonyl (C=O) groups excluding carboxylic acids is 1. The van der Waals surface area contributed by atoms with Gasteiger partial charge in [0.25, 0.3) is 0 Å². The molecule has 0 spiro atoms. The normalized spacial score (nSPS) is 18.6. The third-order valence-electron chi connectivity index (χ3n) is 3.56. The third kappa shape index (κ3) is 3.97. The van der Waals surface area contributed by atoms with Gasteiger partial charge in [-0.1, -0.05) is 19.1 Å². The zero-order chi connectivity index (χ0) is 14.4. The molecule has 0 bridgehead atoms. The molecule has 1 unspecified atom stereocenters. The first kappa shape index (κ1) is 14.9. The van der Waals surface area contributed by atoms with Gasteiger partial charge in [-0.3, -0.25) is 4.79 Å². The molecule has 1 heterocycles. The smallest absolute Gasteiger partial charge is 0.239 e. The van der Waals surface area contributed by atoms with Gasteiger partial charge in [0.1, 0.15) is 12.4 Å². The van der Waals surface area contributed by atoms with Gasteiger partial charge >= 0.3 is 0 Å². The number of likely N-dealkylation sites (tertiary alicyclic amines) is 1. The van der Waals surface area contributed by atoms with Crippen LogP contribution >= 0.6 is 0 Å². The molecule has 0 saturated carbocycles. The summed E-state index contributed by atoms with van der Waals surface area (Å²) in [6.45, 7) is 7.11. The number of hydrogen-bond donors (Lipinski definition) is 1. The quantitative estimate of drug-likeness (QED) is 0.828. The first-order valence-electron chi connectivity index (χ1n) is 7.42. The van der Waals surface area contributed by atoms with Gasteiger partial charge in [0.15, 0.2) is 0 Å². The van der Waals surface area contributed by atoms with Gasteiger partial charge in [0.05, 0.1) is 12.6 Å². The van der Waals surface area contributed by atoms with Crippen LogP contribution in [0.1, 0.15) is 25.3 Å². The molecule has 1 amide bonds. The van der Waals surface area contributed by atoms with Gasteiger partial charge in [0.2, 0.25) is 5.91 Å². The average Bonchev–Trinajstić information content (AvgIpc) is 2.78. The van der Waals surface area contributed by atoms with Crippen LogP contribution in [-0.2, 0) is 4.79 Å². The minimum absolute atomic E-state index is 0.00826. The number of ether oxygens (including phenoxy) is 1. The standard InChI is InChI=1S/C16H24N2O2/c1-3-8-17-15-7-9-18(16(15)19)10-11-20-14-6-4-5-13(2)12-14/h4-6,12,15,17H,3,7-11H2,1-2H3. The van der Waals surface area contributed by atoms with Crippen molar-refractivity contribution >= 4 is 5.91 Å². The summed E-state index contributed by atoms with van der Waals surface area (Å²) < 4.78 is 5.70. The Morgan fingerprint density at radius 1 is 1.45 bits per heavy atom. The van der Waals surface area contributed by atoms with Crippen molar-refractivity contribution in [2.75, 3.05) is 26.2 Å². The Hall–Kier alpha value is -1.55. The molecule has 1 aromatic rings. The van der Waals surface area contributed by atoms with E-state index in [4.69, 9.17) is 4.74 Å². The molecule has 1 aromatic carbocycles. The summed E-state index contributed by atoms with van der Waals surface area (Å²) in [5.74, 6) is 1.09. The highest BCUT2D eigenvalue weighted by molar-refractivity contribution is 5.83. The number of amides is 1. The number of carbonyl (C=O) groups is 1. The summed E-state index contributed by atoms with van der Waals surface area (Å²) >= 11 is 0. The number of nitrogens with one attached hydrogen (secondary N) is 1. The summed E-state index contributed by atoms with van der Waals surface area (Å²) in [6.07, 6.45) is 1.96. The molecule has 0 aromatic heterocycles. The van der Waals surface area contributed by atoms with Gasteiger partial charge < -0.3 is 15.0 Å². The van der Waals surface area contributed by atoms with Crippen LogP contribution in [0.4, 0.5) is 0 Å². The number of hydrogen-bond acceptors (Lipinski definition) is 3. The fourth-order valence-corrected chi connectivity index (χ4v) is 2.45. The van der Waals surface area contributed by atoms with E-state index in [1.165, 1.54) is 5.56 Å². The molecule has 4 nitrogen and oxygen atoms in total. The molecule has 1 atom stereocenters. The Morgan fingerprint density at radius 2 is 2.30 bits per heavy atom. The molecule has 1 aliphatic heterocycles. The molecule has 1 saturated heterocycles. The Balaban J connectivity index is 1.73. The van der Waals surface area contributed by atoms with Crippen LogP contribution in [-0.4, -0.2) is 43.1 Å². The van der Waals surface area contributed by atoms with Crippen LogP contribution in [0.25, 0.3) is 0 Å². The van der Waals surface area contributed by atoms with E-state index in [0.29, 0.717) is 13.2 Å². The van der Waals surface area contributed by atoms with Crippen molar-refractivity contribution in [3.8, 4) is 5.75 Å². The highest BCUT2D eigenvalue weighted by Crippen LogP contribution is 2.14. The monoisotopic (exact) mass is 276 g/mol. The highest BCUT2D eigenvalue weighted by Gasteiger charge is 2.30. The SMILES string of the molecule is CCCNC1CCN(CCOc2cccc(C)c2)C1=O. The summed E-state index contributed by atoms with van der Waals surface area (Å²) in [5, 5.41) is 3.29. The predicted octanol–water partition coefficient (Wildman–Crippen LogP) is 1.97. The Kier molecular flexibility index (Phi) is 5.41. The highest BCUT2D eigenvalue weighted by atomic mass is 16.5. The maximum absolute atomic E-state index is 12.1. The van der Waals surface area contributed by atoms with Crippen molar-refractivity contribution in [3.05, 3.63) is 29.8 Å². The Labute approximate surface area is 121 Å². The maximum Gasteiger partial charge on any atom is 0.239 e. The summed E-state index contributed by atoms with van der Waals surface area (Å²) in [6, 6.07) is 7.99. The van der Waals surface area contributed by atoms with Crippen molar-refractivity contribution < 1.29 is 9.53 Å². The van der Waals surface area contributed by atoms with Crippen LogP contribution in [0.2, 0.25) is 0 Å². The zero-order valence-corrected chi connectivity index (χ0v) is 12.4. The largest absolute Gasteiger partial charge is 0.492 e. The van der Waals surface area contributed by atoms with Crippen molar-refractivity contribution in [2.45, 2.75) is 32.7 Å². The Bertz CT molecular complexity index is 448. The summed E-state index contributed by atoms with van der Waals surface area (Å²) in [5.41, 5.74) is 1.18. The van der Waals surface area contributed by atoms with Crippen LogP contribution in [0.3, 0.4) is 0 Å². The molecule has 2 rings (SSSR count). The second-order valence-corrected chi connectivity index (χ2v) is 5.29. The van der Waals surface area contributed by atoms with E-state index in [2.05, 4.69) is 12.2 Å². The molecule has 110 valence electrons. The number of aryl methyl sites for hydroxylation is 1. The lowest BCUT2D eigenvalue weighted by atomic mass is 10.2. The Morgan fingerprint density at radius 3 is 3.05 bits per heavy atom. The molecule has 1 aliphatic rings. The van der Waals surface area contributed by atoms with E-state index in [1.54, 1.807) is 0 Å². The molecule has 1 fully saturated rings. The zero-order valence-electron chi connectivity index (χ0n) is 12.4. The van der Waals surface area contributed by atoms with Crippen molar-refractivity contribution in [3.63, 3.8) is 0 Å². The summed E-state index contributed by atoms with van der Waals surface area (Å²) in [7, 11) is 0. The van der Waals surface area contributed by atoms with Gasteiger partial charge in [-0.05, 0) is 44.0 Å². The second-order valence-electron chi connectivity index (χ2n) is 5.29. The minimum atomic E-state index is 0.00826. The van der Waals surface area contributed by atoms with Crippen LogP contribution in [0, 0.1) is 6.92 Å². The van der Waals surface area contributed by atoms with Gasteiger partial charge in [-0.15, -0.1) is 0 Å². The maximum atomic E-state index is 12.1. The fraction of sp³-hybridized carbons (Fsp3) is 0.562. The first-order valence-corrected chi connectivity index (χ1v) is 7.42. The third-order valence-corrected chi connectivity index (χ3v) is 3.56. The van der Waals surface area contributed by atoms with E-state index in [-0.39, 0.29) is 11.9 Å². The van der Waals surface area contributed by atoms with E-state index in [1.807, 2.05) is 36.1 Å². The average molecular weight is 276 g/mol. The van der Waals surface area contributed by atoms with E-state index in [9.17, 15) is 4.79 Å². The van der Waals surface area contributed by atoms with E-state index >= 15 is 0 Å². The number of benzene rings is 1. The fourth-order valence-electron chi connectivity index (χ4n) is 2.45. The molecule has 20 heavy (non-hydrogen) atoms. The van der Waals surface area contributed by atoms with E-state index in [0.717, 1.165) is 31.7 Å². The number of rotatable bonds is 7. The topological polar surface area (TPSA) is 41.6 Å². The summed E-state index contributed by atoms with van der Waals surface area (Å²) in [4.78, 5) is 14.0. The van der Waals surface area contributed by atoms with Crippen molar-refractivity contribution in [1.82, 2.24) is 10.2 Å². The molecule has 0 radical (unpaired) electrons. The first-order chi connectivity index (χ1) is 9.70. The second kappa shape index (κ2) is 7.29. The van der Waals surface area contributed by atoms with Crippen LogP contribution < -0.4 is 10.1 Å². The molecule has 4 heteroatoms. The van der Waals surface area contributed by atoms with Crippen molar-refractivity contribution in [1.29, 1.82) is 0 Å². The number of nitrogens with zero attached hydrogens (tertiary/aromatic N) is 1.